The van der Waals surface area contributed by atoms with E-state index in [9.17, 15) is 0 Å². The van der Waals surface area contributed by atoms with Crippen molar-refractivity contribution >= 4 is 70.5 Å². The van der Waals surface area contributed by atoms with Crippen LogP contribution in [0.5, 0.6) is 0 Å². The Kier molecular flexibility index (Phi) is 7.04. The Labute approximate surface area is 300 Å². The fourth-order valence-electron chi connectivity index (χ4n) is 7.47. The number of thiophene rings is 1. The zero-order chi connectivity index (χ0) is 33.7. The lowest BCUT2D eigenvalue weighted by Gasteiger charge is -2.27. The van der Waals surface area contributed by atoms with Gasteiger partial charge in [0.15, 0.2) is 0 Å². The summed E-state index contributed by atoms with van der Waals surface area (Å²) in [5, 5.41) is 4.78. The van der Waals surface area contributed by atoms with Crippen molar-refractivity contribution in [3.05, 3.63) is 188 Å². The average molecular weight is 670 g/mol. The van der Waals surface area contributed by atoms with Crippen molar-refractivity contribution in [3.63, 3.8) is 0 Å². The third kappa shape index (κ3) is 5.10. The van der Waals surface area contributed by atoms with Crippen LogP contribution in [0.3, 0.4) is 0 Å². The first kappa shape index (κ1) is 29.5. The molecule has 0 fully saturated rings. The second-order valence-corrected chi connectivity index (χ2v) is 14.0. The standard InChI is InChI=1S/C48H31NOS/c1-2-11-34(12-3-1)38-13-4-5-14-39(38)35-23-21-32(22-24-35)33-25-27-36(28-26-33)49(37-29-30-45-42(31-37)40-15-6-8-18-44(40)50-45)43-17-10-20-47-48(43)41-16-7-9-19-46(41)51-47/h1-31H. The molecule has 3 heteroatoms. The molecule has 0 atom stereocenters. The number of hydrogen-bond acceptors (Lipinski definition) is 3. The van der Waals surface area contributed by atoms with Crippen molar-refractivity contribution in [2.45, 2.75) is 0 Å². The SMILES string of the molecule is c1ccc(-c2ccccc2-c2ccc(-c3ccc(N(c4ccc5oc6ccccc6c5c4)c4cccc5sc6ccccc6c45)cc3)cc2)cc1. The molecule has 0 N–H and O–H groups in total. The largest absolute Gasteiger partial charge is 0.456 e. The van der Waals surface area contributed by atoms with Gasteiger partial charge in [-0.05, 0) is 88.0 Å². The number of benzene rings is 8. The fourth-order valence-corrected chi connectivity index (χ4v) is 8.60. The smallest absolute Gasteiger partial charge is 0.135 e. The summed E-state index contributed by atoms with van der Waals surface area (Å²) in [5.41, 5.74) is 12.4. The van der Waals surface area contributed by atoms with Crippen molar-refractivity contribution in [1.29, 1.82) is 0 Å². The molecule has 0 unspecified atom stereocenters. The van der Waals surface area contributed by atoms with Gasteiger partial charge in [0.1, 0.15) is 11.2 Å². The molecule has 0 saturated carbocycles. The van der Waals surface area contributed by atoms with Gasteiger partial charge in [-0.2, -0.15) is 0 Å². The minimum atomic E-state index is 0.893. The Hall–Kier alpha value is -6.42. The van der Waals surface area contributed by atoms with E-state index in [2.05, 4.69) is 181 Å². The number of anilines is 3. The predicted octanol–water partition coefficient (Wildman–Crippen LogP) is 14.4. The van der Waals surface area contributed by atoms with Crippen LogP contribution in [0.4, 0.5) is 17.1 Å². The molecule has 2 nitrogen and oxygen atoms in total. The highest BCUT2D eigenvalue weighted by atomic mass is 32.1. The van der Waals surface area contributed by atoms with Crippen LogP contribution in [-0.2, 0) is 0 Å². The molecule has 10 aromatic rings. The third-order valence-corrected chi connectivity index (χ3v) is 11.0. The summed E-state index contributed by atoms with van der Waals surface area (Å²) in [6.07, 6.45) is 0. The quantitative estimate of drug-likeness (QED) is 0.175. The maximum Gasteiger partial charge on any atom is 0.135 e. The normalized spacial score (nSPS) is 11.5. The minimum Gasteiger partial charge on any atom is -0.456 e. The van der Waals surface area contributed by atoms with Gasteiger partial charge in [-0.25, -0.2) is 0 Å². The molecule has 0 saturated heterocycles. The molecule has 0 bridgehead atoms. The highest BCUT2D eigenvalue weighted by Gasteiger charge is 2.20. The lowest BCUT2D eigenvalue weighted by atomic mass is 9.93. The van der Waals surface area contributed by atoms with Gasteiger partial charge in [-0.15, -0.1) is 11.3 Å². The van der Waals surface area contributed by atoms with E-state index in [-0.39, 0.29) is 0 Å². The number of furan rings is 1. The molecular formula is C48H31NOS. The van der Waals surface area contributed by atoms with Crippen LogP contribution in [0.15, 0.2) is 192 Å². The second-order valence-electron chi connectivity index (χ2n) is 12.9. The Morgan fingerprint density at radius 3 is 1.73 bits per heavy atom. The number of hydrogen-bond donors (Lipinski definition) is 0. The molecule has 240 valence electrons. The lowest BCUT2D eigenvalue weighted by Crippen LogP contribution is -2.10. The average Bonchev–Trinajstić information content (AvgIpc) is 3.77. The summed E-state index contributed by atoms with van der Waals surface area (Å²) in [6.45, 7) is 0. The van der Waals surface area contributed by atoms with Gasteiger partial charge in [0.2, 0.25) is 0 Å². The van der Waals surface area contributed by atoms with Gasteiger partial charge in [-0.3, -0.25) is 0 Å². The van der Waals surface area contributed by atoms with E-state index in [1.807, 2.05) is 23.5 Å². The summed E-state index contributed by atoms with van der Waals surface area (Å²) >= 11 is 1.85. The molecule has 51 heavy (non-hydrogen) atoms. The first-order valence-corrected chi connectivity index (χ1v) is 18.1. The van der Waals surface area contributed by atoms with Crippen LogP contribution < -0.4 is 4.90 Å². The Morgan fingerprint density at radius 2 is 0.941 bits per heavy atom. The molecule has 0 aliphatic carbocycles. The Morgan fingerprint density at radius 1 is 0.373 bits per heavy atom. The van der Waals surface area contributed by atoms with Crippen molar-refractivity contribution in [2.24, 2.45) is 0 Å². The number of rotatable bonds is 6. The van der Waals surface area contributed by atoms with Crippen molar-refractivity contribution < 1.29 is 4.42 Å². The van der Waals surface area contributed by atoms with Crippen LogP contribution in [0.2, 0.25) is 0 Å². The summed E-state index contributed by atoms with van der Waals surface area (Å²) in [7, 11) is 0. The van der Waals surface area contributed by atoms with Gasteiger partial charge >= 0.3 is 0 Å². The van der Waals surface area contributed by atoms with E-state index in [0.717, 1.165) is 39.0 Å². The highest BCUT2D eigenvalue weighted by Crippen LogP contribution is 2.46. The molecule has 0 aliphatic heterocycles. The van der Waals surface area contributed by atoms with E-state index in [0.29, 0.717) is 0 Å². The van der Waals surface area contributed by atoms with Gasteiger partial charge in [0.25, 0.3) is 0 Å². The summed E-state index contributed by atoms with van der Waals surface area (Å²) in [4.78, 5) is 2.40. The monoisotopic (exact) mass is 669 g/mol. The van der Waals surface area contributed by atoms with Gasteiger partial charge in [-0.1, -0.05) is 133 Å². The lowest BCUT2D eigenvalue weighted by molar-refractivity contribution is 0.669. The number of para-hydroxylation sites is 1. The molecule has 0 radical (unpaired) electrons. The topological polar surface area (TPSA) is 16.4 Å². The van der Waals surface area contributed by atoms with E-state index in [1.165, 1.54) is 53.6 Å². The van der Waals surface area contributed by atoms with E-state index in [1.54, 1.807) is 0 Å². The molecule has 2 heterocycles. The third-order valence-electron chi connectivity index (χ3n) is 9.91. The minimum absolute atomic E-state index is 0.893. The first-order valence-electron chi connectivity index (χ1n) is 17.3. The van der Waals surface area contributed by atoms with Crippen LogP contribution >= 0.6 is 11.3 Å². The maximum absolute atomic E-state index is 6.23. The second kappa shape index (κ2) is 12.2. The van der Waals surface area contributed by atoms with Crippen molar-refractivity contribution in [1.82, 2.24) is 0 Å². The summed E-state index contributed by atoms with van der Waals surface area (Å²) in [6, 6.07) is 67.4. The zero-order valence-corrected chi connectivity index (χ0v) is 28.5. The summed E-state index contributed by atoms with van der Waals surface area (Å²) in [5.74, 6) is 0. The Bertz CT molecular complexity index is 2850. The molecule has 0 spiro atoms. The maximum atomic E-state index is 6.23. The molecular weight excluding hydrogens is 639 g/mol. The zero-order valence-electron chi connectivity index (χ0n) is 27.7. The molecule has 8 aromatic carbocycles. The van der Waals surface area contributed by atoms with E-state index >= 15 is 0 Å². The van der Waals surface area contributed by atoms with Crippen LogP contribution in [0.25, 0.3) is 75.5 Å². The molecule has 0 amide bonds. The van der Waals surface area contributed by atoms with Crippen molar-refractivity contribution in [3.8, 4) is 33.4 Å². The van der Waals surface area contributed by atoms with E-state index in [4.69, 9.17) is 4.42 Å². The van der Waals surface area contributed by atoms with Gasteiger partial charge in [0, 0.05) is 42.3 Å². The van der Waals surface area contributed by atoms with Gasteiger partial charge < -0.3 is 9.32 Å². The molecule has 0 aliphatic rings. The van der Waals surface area contributed by atoms with Crippen molar-refractivity contribution in [2.75, 3.05) is 4.90 Å². The van der Waals surface area contributed by atoms with Crippen LogP contribution in [0, 0.1) is 0 Å². The first-order chi connectivity index (χ1) is 25.3. The Balaban J connectivity index is 1.07. The molecule has 2 aromatic heterocycles. The fraction of sp³-hybridized carbons (Fsp3) is 0. The number of nitrogens with zero attached hydrogens (tertiary/aromatic N) is 1. The van der Waals surface area contributed by atoms with Crippen LogP contribution in [0.1, 0.15) is 0 Å². The van der Waals surface area contributed by atoms with Crippen LogP contribution in [-0.4, -0.2) is 0 Å². The summed E-state index contributed by atoms with van der Waals surface area (Å²) < 4.78 is 8.80. The predicted molar refractivity (Wildman–Crippen MR) is 218 cm³/mol. The molecule has 10 rings (SSSR count). The number of fused-ring (bicyclic) bond motifs is 6. The van der Waals surface area contributed by atoms with E-state index < -0.39 is 0 Å². The van der Waals surface area contributed by atoms with Gasteiger partial charge in [0.05, 0.1) is 5.69 Å². The highest BCUT2D eigenvalue weighted by molar-refractivity contribution is 7.26.